The second kappa shape index (κ2) is 3.11. The summed E-state index contributed by atoms with van der Waals surface area (Å²) in [5.41, 5.74) is -1.67. The van der Waals surface area contributed by atoms with Gasteiger partial charge < -0.3 is 10.2 Å². The summed E-state index contributed by atoms with van der Waals surface area (Å²) < 4.78 is 0. The number of Topliss-reactive ketones (excluding diaryl/α,β-unsaturated/α-hetero) is 2. The first-order chi connectivity index (χ1) is 4.83. The number of carbonyl (C=O) groups is 2. The molecule has 4 nitrogen and oxygen atoms in total. The SMILES string of the molecule is CC(=O)C(C)(C(C)=O)C(O)O. The fourth-order valence-corrected chi connectivity index (χ4v) is 0.612. The maximum atomic E-state index is 10.8. The predicted molar refractivity (Wildman–Crippen MR) is 37.7 cm³/mol. The standard InChI is InChI=1S/C7H12O4/c1-4(8)7(3,5(2)9)6(10)11/h6,10-11H,1-3H3. The monoisotopic (exact) mass is 160 g/mol. The van der Waals surface area contributed by atoms with Gasteiger partial charge in [-0.15, -0.1) is 0 Å². The minimum absolute atomic E-state index is 0.542. The van der Waals surface area contributed by atoms with Crippen molar-refractivity contribution in [2.45, 2.75) is 27.1 Å². The minimum atomic E-state index is -1.92. The van der Waals surface area contributed by atoms with E-state index in [1.54, 1.807) is 0 Å². The lowest BCUT2D eigenvalue weighted by Gasteiger charge is -2.24. The Hall–Kier alpha value is -0.740. The summed E-state index contributed by atoms with van der Waals surface area (Å²) in [6.07, 6.45) is -1.92. The van der Waals surface area contributed by atoms with Gasteiger partial charge in [0.05, 0.1) is 0 Å². The molecule has 0 heterocycles. The first-order valence-corrected chi connectivity index (χ1v) is 3.21. The average molecular weight is 160 g/mol. The molecule has 4 heteroatoms. The molecule has 0 radical (unpaired) electrons. The van der Waals surface area contributed by atoms with E-state index in [1.165, 1.54) is 6.92 Å². The van der Waals surface area contributed by atoms with Crippen molar-refractivity contribution in [2.75, 3.05) is 0 Å². The van der Waals surface area contributed by atoms with Gasteiger partial charge in [0, 0.05) is 0 Å². The van der Waals surface area contributed by atoms with Gasteiger partial charge in [-0.2, -0.15) is 0 Å². The van der Waals surface area contributed by atoms with E-state index in [1.807, 2.05) is 0 Å². The maximum Gasteiger partial charge on any atom is 0.170 e. The zero-order valence-electron chi connectivity index (χ0n) is 6.79. The Balaban J connectivity index is 4.82. The number of aliphatic hydroxyl groups excluding tert-OH is 1. The molecule has 0 aromatic rings. The third kappa shape index (κ3) is 1.64. The van der Waals surface area contributed by atoms with Gasteiger partial charge in [0.15, 0.2) is 6.29 Å². The molecule has 0 amide bonds. The molecular formula is C7H12O4. The summed E-state index contributed by atoms with van der Waals surface area (Å²) >= 11 is 0. The lowest BCUT2D eigenvalue weighted by Crippen LogP contribution is -2.44. The van der Waals surface area contributed by atoms with Crippen molar-refractivity contribution in [1.29, 1.82) is 0 Å². The molecule has 0 saturated heterocycles. The highest BCUT2D eigenvalue weighted by Gasteiger charge is 2.41. The first kappa shape index (κ1) is 10.3. The number of rotatable bonds is 3. The van der Waals surface area contributed by atoms with Gasteiger partial charge in [-0.3, -0.25) is 9.59 Å². The van der Waals surface area contributed by atoms with Crippen LogP contribution in [0.1, 0.15) is 20.8 Å². The van der Waals surface area contributed by atoms with E-state index in [0.29, 0.717) is 0 Å². The van der Waals surface area contributed by atoms with Crippen LogP contribution in [0.25, 0.3) is 0 Å². The Labute approximate surface area is 64.8 Å². The lowest BCUT2D eigenvalue weighted by molar-refractivity contribution is -0.166. The molecule has 0 spiro atoms. The molecule has 0 aromatic heterocycles. The highest BCUT2D eigenvalue weighted by atomic mass is 16.5. The molecule has 11 heavy (non-hydrogen) atoms. The average Bonchev–Trinajstić information content (AvgIpc) is 1.84. The van der Waals surface area contributed by atoms with Gasteiger partial charge in [0.1, 0.15) is 17.0 Å². The van der Waals surface area contributed by atoms with Gasteiger partial charge in [0.25, 0.3) is 0 Å². The second-order valence-electron chi connectivity index (χ2n) is 2.69. The molecule has 0 fully saturated rings. The van der Waals surface area contributed by atoms with Crippen molar-refractivity contribution >= 4 is 11.6 Å². The van der Waals surface area contributed by atoms with Crippen LogP contribution in [0.2, 0.25) is 0 Å². The van der Waals surface area contributed by atoms with Gasteiger partial charge in [-0.05, 0) is 20.8 Å². The van der Waals surface area contributed by atoms with Crippen LogP contribution in [0.5, 0.6) is 0 Å². The minimum Gasteiger partial charge on any atom is -0.367 e. The largest absolute Gasteiger partial charge is 0.367 e. The Morgan fingerprint density at radius 2 is 1.45 bits per heavy atom. The van der Waals surface area contributed by atoms with Gasteiger partial charge in [0.2, 0.25) is 0 Å². The molecule has 0 unspecified atom stereocenters. The Kier molecular flexibility index (Phi) is 2.90. The molecular weight excluding hydrogens is 148 g/mol. The van der Waals surface area contributed by atoms with Crippen molar-refractivity contribution in [3.63, 3.8) is 0 Å². The van der Waals surface area contributed by atoms with E-state index >= 15 is 0 Å². The summed E-state index contributed by atoms with van der Waals surface area (Å²) in [4.78, 5) is 21.6. The Bertz CT molecular complexity index is 169. The molecule has 0 aliphatic rings. The summed E-state index contributed by atoms with van der Waals surface area (Å²) in [7, 11) is 0. The molecule has 0 atom stereocenters. The van der Waals surface area contributed by atoms with Gasteiger partial charge in [-0.1, -0.05) is 0 Å². The molecule has 0 bridgehead atoms. The number of ketones is 2. The van der Waals surface area contributed by atoms with E-state index in [0.717, 1.165) is 13.8 Å². The van der Waals surface area contributed by atoms with Crippen LogP contribution in [0.4, 0.5) is 0 Å². The van der Waals surface area contributed by atoms with Crippen molar-refractivity contribution in [3.8, 4) is 0 Å². The van der Waals surface area contributed by atoms with Crippen LogP contribution >= 0.6 is 0 Å². The summed E-state index contributed by atoms with van der Waals surface area (Å²) in [5.74, 6) is -1.08. The number of hydrogen-bond acceptors (Lipinski definition) is 4. The van der Waals surface area contributed by atoms with Crippen molar-refractivity contribution < 1.29 is 19.8 Å². The van der Waals surface area contributed by atoms with Crippen LogP contribution in [0.3, 0.4) is 0 Å². The third-order valence-corrected chi connectivity index (χ3v) is 1.98. The molecule has 0 aliphatic heterocycles. The highest BCUT2D eigenvalue weighted by molar-refractivity contribution is 6.05. The van der Waals surface area contributed by atoms with Crippen LogP contribution in [0, 0.1) is 5.41 Å². The van der Waals surface area contributed by atoms with Gasteiger partial charge >= 0.3 is 0 Å². The van der Waals surface area contributed by atoms with Crippen molar-refractivity contribution in [2.24, 2.45) is 5.41 Å². The van der Waals surface area contributed by atoms with Crippen molar-refractivity contribution in [1.82, 2.24) is 0 Å². The third-order valence-electron chi connectivity index (χ3n) is 1.98. The van der Waals surface area contributed by atoms with E-state index in [9.17, 15) is 9.59 Å². The first-order valence-electron chi connectivity index (χ1n) is 3.21. The normalized spacial score (nSPS) is 11.8. The lowest BCUT2D eigenvalue weighted by atomic mass is 9.82. The Morgan fingerprint density at radius 3 is 1.45 bits per heavy atom. The van der Waals surface area contributed by atoms with E-state index < -0.39 is 23.3 Å². The summed E-state index contributed by atoms with van der Waals surface area (Å²) in [6, 6.07) is 0. The Morgan fingerprint density at radius 1 is 1.18 bits per heavy atom. The van der Waals surface area contributed by atoms with Crippen LogP contribution in [0.15, 0.2) is 0 Å². The highest BCUT2D eigenvalue weighted by Crippen LogP contribution is 2.22. The summed E-state index contributed by atoms with van der Waals surface area (Å²) in [6.45, 7) is 3.52. The van der Waals surface area contributed by atoms with Crippen LogP contribution in [-0.4, -0.2) is 28.1 Å². The predicted octanol–water partition coefficient (Wildman–Crippen LogP) is -0.519. The van der Waals surface area contributed by atoms with Crippen molar-refractivity contribution in [3.05, 3.63) is 0 Å². The zero-order chi connectivity index (χ0) is 9.23. The molecule has 0 aromatic carbocycles. The quantitative estimate of drug-likeness (QED) is 0.430. The summed E-state index contributed by atoms with van der Waals surface area (Å²) in [5, 5.41) is 17.5. The van der Waals surface area contributed by atoms with E-state index in [-0.39, 0.29) is 0 Å². The van der Waals surface area contributed by atoms with Crippen LogP contribution in [-0.2, 0) is 9.59 Å². The number of carbonyl (C=O) groups excluding carboxylic acids is 2. The molecule has 0 rings (SSSR count). The smallest absolute Gasteiger partial charge is 0.170 e. The van der Waals surface area contributed by atoms with E-state index in [4.69, 9.17) is 10.2 Å². The second-order valence-corrected chi connectivity index (χ2v) is 2.69. The molecule has 0 saturated carbocycles. The number of aliphatic hydroxyl groups is 2. The molecule has 2 N–H and O–H groups in total. The zero-order valence-corrected chi connectivity index (χ0v) is 6.79. The van der Waals surface area contributed by atoms with E-state index in [2.05, 4.69) is 0 Å². The van der Waals surface area contributed by atoms with Crippen LogP contribution < -0.4 is 0 Å². The molecule has 64 valence electrons. The fourth-order valence-electron chi connectivity index (χ4n) is 0.612. The fraction of sp³-hybridized carbons (Fsp3) is 0.714. The maximum absolute atomic E-state index is 10.8. The topological polar surface area (TPSA) is 74.6 Å². The number of hydrogen-bond donors (Lipinski definition) is 2. The molecule has 0 aliphatic carbocycles. The van der Waals surface area contributed by atoms with Gasteiger partial charge in [-0.25, -0.2) is 0 Å².